The van der Waals surface area contributed by atoms with Crippen LogP contribution in [0.1, 0.15) is 0 Å². The average Bonchev–Trinajstić information content (AvgIpc) is 2.36. The Balaban J connectivity index is 1.95. The van der Waals surface area contributed by atoms with Crippen LogP contribution in [-0.2, 0) is 6.54 Å². The van der Waals surface area contributed by atoms with Crippen molar-refractivity contribution in [3.63, 3.8) is 0 Å². The molecule has 0 saturated carbocycles. The van der Waals surface area contributed by atoms with E-state index in [1.807, 2.05) is 24.3 Å². The molecule has 2 aromatic rings. The topological polar surface area (TPSA) is 34.0 Å². The maximum Gasteiger partial charge on any atom is 0.250 e. The second kappa shape index (κ2) is 6.07. The Morgan fingerprint density at radius 3 is 2.83 bits per heavy atom. The number of hydrogen-bond acceptors (Lipinski definition) is 2. The summed E-state index contributed by atoms with van der Waals surface area (Å²) in [7, 11) is 0. The highest BCUT2D eigenvalue weighted by atomic mass is 79.9. The van der Waals surface area contributed by atoms with Gasteiger partial charge in [-0.15, -0.1) is 0 Å². The Kier molecular flexibility index (Phi) is 4.44. The van der Waals surface area contributed by atoms with E-state index in [2.05, 4.69) is 21.2 Å². The van der Waals surface area contributed by atoms with Crippen molar-refractivity contribution in [1.82, 2.24) is 4.57 Å². The lowest BCUT2D eigenvalue weighted by atomic mass is 10.3. The van der Waals surface area contributed by atoms with Gasteiger partial charge in [-0.2, -0.15) is 0 Å². The van der Waals surface area contributed by atoms with Gasteiger partial charge in [0.1, 0.15) is 0 Å². The van der Waals surface area contributed by atoms with Gasteiger partial charge in [-0.25, -0.2) is 0 Å². The Hall–Kier alpha value is -1.26. The summed E-state index contributed by atoms with van der Waals surface area (Å²) >= 11 is 9.33. The van der Waals surface area contributed by atoms with Crippen molar-refractivity contribution in [1.29, 1.82) is 0 Å². The van der Waals surface area contributed by atoms with E-state index in [1.54, 1.807) is 22.9 Å². The molecule has 0 bridgehead atoms. The van der Waals surface area contributed by atoms with Crippen LogP contribution in [0.25, 0.3) is 0 Å². The normalized spacial score (nSPS) is 10.3. The summed E-state index contributed by atoms with van der Waals surface area (Å²) < 4.78 is 2.53. The fourth-order valence-corrected chi connectivity index (χ4v) is 2.00. The highest BCUT2D eigenvalue weighted by molar-refractivity contribution is 9.10. The smallest absolute Gasteiger partial charge is 0.250 e. The van der Waals surface area contributed by atoms with Crippen molar-refractivity contribution in [2.75, 3.05) is 11.9 Å². The minimum absolute atomic E-state index is 0.00754. The molecule has 0 saturated heterocycles. The molecule has 0 atom stereocenters. The molecule has 0 spiro atoms. The third-order valence-electron chi connectivity index (χ3n) is 2.50. The molecule has 0 aliphatic rings. The second-order valence-electron chi connectivity index (χ2n) is 3.79. The van der Waals surface area contributed by atoms with Crippen LogP contribution in [0, 0.1) is 0 Å². The molecule has 0 aliphatic carbocycles. The van der Waals surface area contributed by atoms with Crippen molar-refractivity contribution in [3.8, 4) is 0 Å². The zero-order valence-electron chi connectivity index (χ0n) is 9.57. The largest absolute Gasteiger partial charge is 0.383 e. The van der Waals surface area contributed by atoms with E-state index in [1.165, 1.54) is 0 Å². The van der Waals surface area contributed by atoms with Crippen molar-refractivity contribution >= 4 is 33.2 Å². The first-order valence-electron chi connectivity index (χ1n) is 5.51. The Morgan fingerprint density at radius 1 is 1.28 bits per heavy atom. The van der Waals surface area contributed by atoms with E-state index >= 15 is 0 Å². The minimum atomic E-state index is 0.00754. The molecule has 1 aromatic heterocycles. The van der Waals surface area contributed by atoms with Crippen LogP contribution < -0.4 is 10.9 Å². The number of nitrogens with zero attached hydrogens (tertiary/aromatic N) is 1. The third kappa shape index (κ3) is 3.37. The summed E-state index contributed by atoms with van der Waals surface area (Å²) in [5.41, 5.74) is 0.945. The van der Waals surface area contributed by atoms with Gasteiger partial charge in [0.15, 0.2) is 0 Å². The van der Waals surface area contributed by atoms with Crippen LogP contribution in [0.2, 0.25) is 5.02 Å². The molecule has 1 N–H and O–H groups in total. The number of hydrogen-bond donors (Lipinski definition) is 1. The van der Waals surface area contributed by atoms with Crippen LogP contribution in [0.4, 0.5) is 5.69 Å². The molecule has 0 unspecified atom stereocenters. The van der Waals surface area contributed by atoms with E-state index < -0.39 is 0 Å². The van der Waals surface area contributed by atoms with Gasteiger partial charge < -0.3 is 9.88 Å². The van der Waals surface area contributed by atoms with Gasteiger partial charge in [-0.3, -0.25) is 4.79 Å². The number of nitrogens with one attached hydrogen (secondary N) is 1. The van der Waals surface area contributed by atoms with Gasteiger partial charge in [0.05, 0.1) is 5.02 Å². The number of halogens is 2. The molecule has 3 nitrogen and oxygen atoms in total. The van der Waals surface area contributed by atoms with Crippen LogP contribution in [0.15, 0.2) is 51.9 Å². The zero-order valence-corrected chi connectivity index (χ0v) is 11.9. The number of anilines is 1. The fraction of sp³-hybridized carbons (Fsp3) is 0.154. The lowest BCUT2D eigenvalue weighted by Gasteiger charge is -2.09. The first kappa shape index (κ1) is 13.2. The standard InChI is InChI=1S/C13H12BrClN2O/c14-11-5-4-10(9-12(11)15)16-6-8-17-7-2-1-3-13(17)18/h1-5,7,9,16H,6,8H2. The van der Waals surface area contributed by atoms with Crippen molar-refractivity contribution in [3.05, 3.63) is 62.4 Å². The van der Waals surface area contributed by atoms with Crippen molar-refractivity contribution < 1.29 is 0 Å². The Bertz CT molecular complexity index is 598. The van der Waals surface area contributed by atoms with Gasteiger partial charge in [0, 0.05) is 35.5 Å². The predicted molar refractivity (Wildman–Crippen MR) is 78.3 cm³/mol. The molecule has 0 aliphatic heterocycles. The number of pyridine rings is 1. The zero-order chi connectivity index (χ0) is 13.0. The molecule has 5 heteroatoms. The van der Waals surface area contributed by atoms with E-state index in [0.717, 1.165) is 10.2 Å². The van der Waals surface area contributed by atoms with E-state index in [9.17, 15) is 4.79 Å². The number of benzene rings is 1. The van der Waals surface area contributed by atoms with Gasteiger partial charge >= 0.3 is 0 Å². The van der Waals surface area contributed by atoms with Crippen LogP contribution in [-0.4, -0.2) is 11.1 Å². The second-order valence-corrected chi connectivity index (χ2v) is 5.05. The minimum Gasteiger partial charge on any atom is -0.383 e. The van der Waals surface area contributed by atoms with Gasteiger partial charge in [0.2, 0.25) is 0 Å². The monoisotopic (exact) mass is 326 g/mol. The summed E-state index contributed by atoms with van der Waals surface area (Å²) in [5, 5.41) is 3.89. The van der Waals surface area contributed by atoms with Crippen molar-refractivity contribution in [2.24, 2.45) is 0 Å². The summed E-state index contributed by atoms with van der Waals surface area (Å²) in [5.74, 6) is 0. The van der Waals surface area contributed by atoms with Crippen LogP contribution in [0.5, 0.6) is 0 Å². The first-order chi connectivity index (χ1) is 8.66. The van der Waals surface area contributed by atoms with Crippen LogP contribution in [0.3, 0.4) is 0 Å². The molecule has 0 fully saturated rings. The van der Waals surface area contributed by atoms with Gasteiger partial charge in [0.25, 0.3) is 5.56 Å². The average molecular weight is 328 g/mol. The molecule has 94 valence electrons. The van der Waals surface area contributed by atoms with Crippen LogP contribution >= 0.6 is 27.5 Å². The van der Waals surface area contributed by atoms with Gasteiger partial charge in [-0.05, 0) is 40.2 Å². The first-order valence-corrected chi connectivity index (χ1v) is 6.68. The molecule has 1 aromatic carbocycles. The summed E-state index contributed by atoms with van der Waals surface area (Å²) in [4.78, 5) is 11.5. The number of rotatable bonds is 4. The third-order valence-corrected chi connectivity index (χ3v) is 3.73. The molecule has 2 rings (SSSR count). The molecular weight excluding hydrogens is 316 g/mol. The molecule has 1 heterocycles. The van der Waals surface area contributed by atoms with Crippen molar-refractivity contribution in [2.45, 2.75) is 6.54 Å². The fourth-order valence-electron chi connectivity index (χ4n) is 1.57. The Labute approximate surface area is 119 Å². The lowest BCUT2D eigenvalue weighted by Crippen LogP contribution is -2.21. The molecule has 0 radical (unpaired) electrons. The summed E-state index contributed by atoms with van der Waals surface area (Å²) in [6.45, 7) is 1.29. The predicted octanol–water partition coefficient (Wildman–Crippen LogP) is 3.38. The van der Waals surface area contributed by atoms with Gasteiger partial charge in [-0.1, -0.05) is 17.7 Å². The SMILES string of the molecule is O=c1ccccn1CCNc1ccc(Br)c(Cl)c1. The highest BCUT2D eigenvalue weighted by Gasteiger charge is 1.99. The molecule has 0 amide bonds. The Morgan fingerprint density at radius 2 is 2.11 bits per heavy atom. The lowest BCUT2D eigenvalue weighted by molar-refractivity contribution is 0.697. The summed E-state index contributed by atoms with van der Waals surface area (Å²) in [6, 6.07) is 10.8. The number of aromatic nitrogens is 1. The molecular formula is C13H12BrClN2O. The maximum atomic E-state index is 11.5. The van der Waals surface area contributed by atoms with E-state index in [0.29, 0.717) is 18.1 Å². The van der Waals surface area contributed by atoms with E-state index in [-0.39, 0.29) is 5.56 Å². The van der Waals surface area contributed by atoms with E-state index in [4.69, 9.17) is 11.6 Å². The quantitative estimate of drug-likeness (QED) is 0.934. The maximum absolute atomic E-state index is 11.5. The highest BCUT2D eigenvalue weighted by Crippen LogP contribution is 2.25. The molecule has 18 heavy (non-hydrogen) atoms. The summed E-state index contributed by atoms with van der Waals surface area (Å²) in [6.07, 6.45) is 1.78.